The number of hydrogen-bond donors (Lipinski definition) is 3. The summed E-state index contributed by atoms with van der Waals surface area (Å²) in [5.41, 5.74) is 1.11. The summed E-state index contributed by atoms with van der Waals surface area (Å²) in [5.74, 6) is -0.885. The number of hydrogen-bond acceptors (Lipinski definition) is 5. The maximum absolute atomic E-state index is 14.6. The minimum atomic E-state index is -1.09. The molecule has 0 saturated heterocycles. The number of ether oxygens (including phenoxy) is 1. The Morgan fingerprint density at radius 2 is 1.56 bits per heavy atom. The van der Waals surface area contributed by atoms with Crippen LogP contribution >= 0.6 is 0 Å². The van der Waals surface area contributed by atoms with E-state index in [1.165, 1.54) is 17.0 Å². The van der Waals surface area contributed by atoms with E-state index in [9.17, 15) is 19.5 Å². The molecule has 4 aromatic rings. The van der Waals surface area contributed by atoms with E-state index in [-0.39, 0.29) is 18.7 Å². The number of carbonyl (C=O) groups excluding carboxylic acids is 3. The van der Waals surface area contributed by atoms with Crippen LogP contribution in [0, 0.1) is 0 Å². The Kier molecular flexibility index (Phi) is 11.2. The van der Waals surface area contributed by atoms with Gasteiger partial charge in [0.25, 0.3) is 5.91 Å². The van der Waals surface area contributed by atoms with E-state index in [1.54, 1.807) is 32.9 Å². The van der Waals surface area contributed by atoms with Crippen LogP contribution in [0.4, 0.5) is 10.5 Å². The van der Waals surface area contributed by atoms with Gasteiger partial charge in [-0.05, 0) is 73.4 Å². The van der Waals surface area contributed by atoms with Gasteiger partial charge < -0.3 is 25.4 Å². The summed E-state index contributed by atoms with van der Waals surface area (Å²) in [5, 5.41) is 18.2. The number of anilines is 1. The molecule has 0 fully saturated rings. The lowest BCUT2D eigenvalue weighted by Crippen LogP contribution is -2.53. The fraction of sp³-hybridized carbons (Fsp3) is 0.324. The SMILES string of the molecule is CCCCCN(C(=O)C(Cc1ccccc1)NC(=O)OC(C)(C)C)C(C(=O)Nc1ccc2ccccc2c1)c1cccc(O)c1. The van der Waals surface area contributed by atoms with Gasteiger partial charge in [0, 0.05) is 18.7 Å². The van der Waals surface area contributed by atoms with Crippen LogP contribution in [-0.2, 0) is 20.7 Å². The molecule has 236 valence electrons. The molecule has 0 heterocycles. The van der Waals surface area contributed by atoms with Gasteiger partial charge >= 0.3 is 6.09 Å². The number of rotatable bonds is 12. The highest BCUT2D eigenvalue weighted by Crippen LogP contribution is 2.29. The number of nitrogens with zero attached hydrogens (tertiary/aromatic N) is 1. The molecule has 8 nitrogen and oxygen atoms in total. The third-order valence-electron chi connectivity index (χ3n) is 7.32. The first-order valence-corrected chi connectivity index (χ1v) is 15.5. The van der Waals surface area contributed by atoms with E-state index >= 15 is 0 Å². The predicted octanol–water partition coefficient (Wildman–Crippen LogP) is 7.38. The van der Waals surface area contributed by atoms with Gasteiger partial charge in [0.15, 0.2) is 0 Å². The summed E-state index contributed by atoms with van der Waals surface area (Å²) in [6.45, 7) is 7.60. The van der Waals surface area contributed by atoms with Gasteiger partial charge in [-0.25, -0.2) is 4.79 Å². The Bertz CT molecular complexity index is 1600. The maximum atomic E-state index is 14.6. The van der Waals surface area contributed by atoms with Crippen LogP contribution in [0.1, 0.15) is 64.1 Å². The summed E-state index contributed by atoms with van der Waals surface area (Å²) in [7, 11) is 0. The van der Waals surface area contributed by atoms with Crippen LogP contribution < -0.4 is 10.6 Å². The van der Waals surface area contributed by atoms with Crippen molar-refractivity contribution in [3.05, 3.63) is 108 Å². The molecular weight excluding hydrogens is 566 g/mol. The zero-order valence-electron chi connectivity index (χ0n) is 26.5. The van der Waals surface area contributed by atoms with Crippen molar-refractivity contribution in [2.45, 2.75) is 71.1 Å². The molecular formula is C37H43N3O5. The Morgan fingerprint density at radius 1 is 0.844 bits per heavy atom. The molecule has 3 amide bonds. The highest BCUT2D eigenvalue weighted by molar-refractivity contribution is 6.00. The first kappa shape index (κ1) is 33.1. The number of carbonyl (C=O) groups is 3. The predicted molar refractivity (Wildman–Crippen MR) is 178 cm³/mol. The average Bonchev–Trinajstić information content (AvgIpc) is 2.99. The second kappa shape index (κ2) is 15.2. The molecule has 3 N–H and O–H groups in total. The van der Waals surface area contributed by atoms with Gasteiger partial charge in [0.2, 0.25) is 5.91 Å². The molecule has 8 heteroatoms. The molecule has 2 atom stereocenters. The number of benzene rings is 4. The van der Waals surface area contributed by atoms with E-state index in [4.69, 9.17) is 4.74 Å². The Labute approximate surface area is 265 Å². The summed E-state index contributed by atoms with van der Waals surface area (Å²) in [4.78, 5) is 43.3. The van der Waals surface area contributed by atoms with Gasteiger partial charge in [-0.2, -0.15) is 0 Å². The quantitative estimate of drug-likeness (QED) is 0.145. The second-order valence-corrected chi connectivity index (χ2v) is 12.2. The number of alkyl carbamates (subject to hydrolysis) is 1. The summed E-state index contributed by atoms with van der Waals surface area (Å²) in [6.07, 6.45) is 1.87. The Balaban J connectivity index is 1.74. The molecule has 0 aromatic heterocycles. The number of fused-ring (bicyclic) bond motifs is 1. The molecule has 4 rings (SSSR count). The van der Waals surface area contributed by atoms with E-state index in [0.29, 0.717) is 17.7 Å². The van der Waals surface area contributed by atoms with E-state index in [0.717, 1.165) is 29.2 Å². The van der Waals surface area contributed by atoms with Gasteiger partial charge in [-0.3, -0.25) is 9.59 Å². The van der Waals surface area contributed by atoms with E-state index < -0.39 is 35.6 Å². The molecule has 0 bridgehead atoms. The van der Waals surface area contributed by atoms with Gasteiger partial charge in [-0.1, -0.05) is 92.6 Å². The minimum Gasteiger partial charge on any atom is -0.508 e. The van der Waals surface area contributed by atoms with Gasteiger partial charge in [-0.15, -0.1) is 0 Å². The average molecular weight is 610 g/mol. The highest BCUT2D eigenvalue weighted by Gasteiger charge is 2.36. The number of amides is 3. The van der Waals surface area contributed by atoms with Crippen molar-refractivity contribution in [2.75, 3.05) is 11.9 Å². The van der Waals surface area contributed by atoms with Crippen LogP contribution in [0.25, 0.3) is 10.8 Å². The van der Waals surface area contributed by atoms with E-state index in [1.807, 2.05) is 72.8 Å². The van der Waals surface area contributed by atoms with Crippen molar-refractivity contribution in [2.24, 2.45) is 0 Å². The standard InChI is InChI=1S/C37H43N3O5/c1-5-6-12-22-40(35(43)32(23-26-14-8-7-9-15-26)39-36(44)45-37(2,3)4)33(29-18-13-19-31(41)25-29)34(42)38-30-21-20-27-16-10-11-17-28(27)24-30/h7-11,13-21,24-25,32-33,41H,5-6,12,22-23H2,1-4H3,(H,38,42)(H,39,44). The Hall–Kier alpha value is -4.85. The number of phenolic OH excluding ortho intramolecular Hbond substituents is 1. The van der Waals surface area contributed by atoms with Crippen molar-refractivity contribution in [1.82, 2.24) is 10.2 Å². The maximum Gasteiger partial charge on any atom is 0.408 e. The molecule has 0 aliphatic carbocycles. The van der Waals surface area contributed by atoms with Crippen molar-refractivity contribution in [3.63, 3.8) is 0 Å². The third kappa shape index (κ3) is 9.57. The molecule has 2 unspecified atom stereocenters. The van der Waals surface area contributed by atoms with Crippen LogP contribution in [0.5, 0.6) is 5.75 Å². The van der Waals surface area contributed by atoms with Crippen molar-refractivity contribution < 1.29 is 24.2 Å². The van der Waals surface area contributed by atoms with E-state index in [2.05, 4.69) is 17.6 Å². The fourth-order valence-corrected chi connectivity index (χ4v) is 5.24. The number of nitrogens with one attached hydrogen (secondary N) is 2. The molecule has 0 saturated carbocycles. The van der Waals surface area contributed by atoms with Crippen molar-refractivity contribution in [1.29, 1.82) is 0 Å². The molecule has 0 radical (unpaired) electrons. The first-order chi connectivity index (χ1) is 21.5. The lowest BCUT2D eigenvalue weighted by Gasteiger charge is -2.34. The molecule has 4 aromatic carbocycles. The zero-order valence-corrected chi connectivity index (χ0v) is 26.5. The Morgan fingerprint density at radius 3 is 2.24 bits per heavy atom. The largest absolute Gasteiger partial charge is 0.508 e. The topological polar surface area (TPSA) is 108 Å². The van der Waals surface area contributed by atoms with Crippen LogP contribution in [0.3, 0.4) is 0 Å². The molecule has 45 heavy (non-hydrogen) atoms. The lowest BCUT2D eigenvalue weighted by atomic mass is 9.99. The number of phenols is 1. The van der Waals surface area contributed by atoms with Crippen molar-refractivity contribution in [3.8, 4) is 5.75 Å². The molecule has 0 aliphatic heterocycles. The highest BCUT2D eigenvalue weighted by atomic mass is 16.6. The van der Waals surface area contributed by atoms with Crippen LogP contribution in [-0.4, -0.2) is 46.1 Å². The minimum absolute atomic E-state index is 0.0234. The summed E-state index contributed by atoms with van der Waals surface area (Å²) < 4.78 is 5.52. The number of unbranched alkanes of at least 4 members (excludes halogenated alkanes) is 2. The summed E-state index contributed by atoms with van der Waals surface area (Å²) in [6, 6.07) is 27.2. The zero-order chi connectivity index (χ0) is 32.4. The second-order valence-electron chi connectivity index (χ2n) is 12.2. The number of aromatic hydroxyl groups is 1. The normalized spacial score (nSPS) is 12.6. The van der Waals surface area contributed by atoms with Crippen LogP contribution in [0.2, 0.25) is 0 Å². The monoisotopic (exact) mass is 609 g/mol. The van der Waals surface area contributed by atoms with Gasteiger partial charge in [0.1, 0.15) is 23.4 Å². The van der Waals surface area contributed by atoms with Crippen LogP contribution in [0.15, 0.2) is 97.1 Å². The lowest BCUT2D eigenvalue weighted by molar-refractivity contribution is -0.140. The van der Waals surface area contributed by atoms with Crippen molar-refractivity contribution >= 4 is 34.4 Å². The fourth-order valence-electron chi connectivity index (χ4n) is 5.24. The third-order valence-corrected chi connectivity index (χ3v) is 7.32. The summed E-state index contributed by atoms with van der Waals surface area (Å²) >= 11 is 0. The first-order valence-electron chi connectivity index (χ1n) is 15.5. The molecule has 0 aliphatic rings. The smallest absolute Gasteiger partial charge is 0.408 e. The molecule has 0 spiro atoms. The van der Waals surface area contributed by atoms with Gasteiger partial charge in [0.05, 0.1) is 0 Å².